The summed E-state index contributed by atoms with van der Waals surface area (Å²) in [5.41, 5.74) is 0.756. The average molecular weight is 482 g/mol. The van der Waals surface area contributed by atoms with Crippen molar-refractivity contribution in [3.05, 3.63) is 88.1 Å². The molecule has 0 radical (unpaired) electrons. The smallest absolute Gasteiger partial charge is 0.416 e. The van der Waals surface area contributed by atoms with Gasteiger partial charge in [0.15, 0.2) is 5.69 Å². The highest BCUT2D eigenvalue weighted by molar-refractivity contribution is 6.30. The van der Waals surface area contributed by atoms with Crippen molar-refractivity contribution in [2.75, 3.05) is 20.3 Å². The lowest BCUT2D eigenvalue weighted by Gasteiger charge is -2.21. The van der Waals surface area contributed by atoms with Crippen molar-refractivity contribution in [1.29, 1.82) is 0 Å². The summed E-state index contributed by atoms with van der Waals surface area (Å²) in [4.78, 5) is 18.2. The van der Waals surface area contributed by atoms with Crippen LogP contribution in [0, 0.1) is 0 Å². The zero-order chi connectivity index (χ0) is 23.8. The van der Waals surface area contributed by atoms with E-state index in [9.17, 15) is 18.0 Å². The van der Waals surface area contributed by atoms with Crippen molar-refractivity contribution >= 4 is 17.5 Å². The van der Waals surface area contributed by atoms with E-state index in [1.54, 1.807) is 24.3 Å². The van der Waals surface area contributed by atoms with Crippen LogP contribution in [0.1, 0.15) is 33.1 Å². The van der Waals surface area contributed by atoms with Gasteiger partial charge in [0.2, 0.25) is 5.89 Å². The summed E-state index contributed by atoms with van der Waals surface area (Å²) in [5.74, 6) is -0.137. The molecule has 1 aromatic heterocycles. The number of alkyl halides is 3. The Labute approximate surface area is 194 Å². The van der Waals surface area contributed by atoms with Gasteiger partial charge >= 0.3 is 6.18 Å². The van der Waals surface area contributed by atoms with E-state index in [-0.39, 0.29) is 24.7 Å². The maximum Gasteiger partial charge on any atom is 0.416 e. The summed E-state index contributed by atoms with van der Waals surface area (Å²) in [6.45, 7) is 1.45. The van der Waals surface area contributed by atoms with Gasteiger partial charge in [0, 0.05) is 31.8 Å². The Morgan fingerprint density at radius 2 is 1.82 bits per heavy atom. The molecule has 0 aliphatic carbocycles. The van der Waals surface area contributed by atoms with Crippen LogP contribution >= 0.6 is 11.6 Å². The predicted octanol–water partition coefficient (Wildman–Crippen LogP) is 4.93. The second kappa shape index (κ2) is 11.3. The Morgan fingerprint density at radius 1 is 1.12 bits per heavy atom. The lowest BCUT2D eigenvalue weighted by molar-refractivity contribution is -0.137. The topological polar surface area (TPSA) is 67.6 Å². The molecule has 2 aromatic carbocycles. The van der Waals surface area contributed by atoms with Gasteiger partial charge in [-0.3, -0.25) is 9.69 Å². The minimum Gasteiger partial charge on any atom is -0.447 e. The second-order valence-corrected chi connectivity index (χ2v) is 7.78. The van der Waals surface area contributed by atoms with E-state index in [0.717, 1.165) is 17.7 Å². The summed E-state index contributed by atoms with van der Waals surface area (Å²) in [5, 5.41) is 3.20. The molecule has 3 aromatic rings. The van der Waals surface area contributed by atoms with E-state index < -0.39 is 17.6 Å². The Bertz CT molecular complexity index is 1070. The summed E-state index contributed by atoms with van der Waals surface area (Å²) < 4.78 is 49.7. The Hall–Kier alpha value is -2.88. The molecule has 0 aliphatic rings. The van der Waals surface area contributed by atoms with Crippen LogP contribution in [0.3, 0.4) is 0 Å². The van der Waals surface area contributed by atoms with Gasteiger partial charge < -0.3 is 14.5 Å². The van der Waals surface area contributed by atoms with Crippen molar-refractivity contribution in [1.82, 2.24) is 15.2 Å². The first-order valence-electron chi connectivity index (χ1n) is 10.1. The van der Waals surface area contributed by atoms with Gasteiger partial charge in [-0.25, -0.2) is 4.98 Å². The highest BCUT2D eigenvalue weighted by Crippen LogP contribution is 2.30. The van der Waals surface area contributed by atoms with Gasteiger partial charge in [0.05, 0.1) is 18.7 Å². The Kier molecular flexibility index (Phi) is 8.49. The zero-order valence-corrected chi connectivity index (χ0v) is 18.6. The minimum absolute atomic E-state index is 0.114. The monoisotopic (exact) mass is 481 g/mol. The van der Waals surface area contributed by atoms with Crippen LogP contribution in [0.15, 0.2) is 59.2 Å². The van der Waals surface area contributed by atoms with Crippen LogP contribution in [0.25, 0.3) is 0 Å². The second-order valence-electron chi connectivity index (χ2n) is 7.35. The highest BCUT2D eigenvalue weighted by atomic mass is 35.5. The molecule has 0 atom stereocenters. The lowest BCUT2D eigenvalue weighted by atomic mass is 10.1. The van der Waals surface area contributed by atoms with E-state index >= 15 is 0 Å². The van der Waals surface area contributed by atoms with Crippen molar-refractivity contribution in [2.24, 2.45) is 0 Å². The minimum atomic E-state index is -4.43. The number of halogens is 4. The molecule has 0 aliphatic heterocycles. The molecule has 10 heteroatoms. The first-order valence-corrected chi connectivity index (χ1v) is 10.5. The summed E-state index contributed by atoms with van der Waals surface area (Å²) >= 11 is 6.08. The molecule has 176 valence electrons. The number of carbonyl (C=O) groups excluding carboxylic acids is 1. The molecule has 0 saturated heterocycles. The molecule has 0 unspecified atom stereocenters. The number of hydrogen-bond acceptors (Lipinski definition) is 5. The molecule has 1 N–H and O–H groups in total. The lowest BCUT2D eigenvalue weighted by Crippen LogP contribution is -2.27. The van der Waals surface area contributed by atoms with Crippen LogP contribution in [0.4, 0.5) is 13.2 Å². The number of aromatic nitrogens is 1. The van der Waals surface area contributed by atoms with Crippen LogP contribution in [-0.2, 0) is 30.5 Å². The molecule has 1 amide bonds. The molecular formula is C23H23ClF3N3O3. The molecule has 3 rings (SSSR count). The van der Waals surface area contributed by atoms with E-state index in [1.165, 1.54) is 19.4 Å². The number of methoxy groups -OCH3 is 1. The summed E-state index contributed by atoms with van der Waals surface area (Å²) in [6, 6.07) is 12.4. The van der Waals surface area contributed by atoms with Gasteiger partial charge in [0.25, 0.3) is 5.91 Å². The fourth-order valence-electron chi connectivity index (χ4n) is 3.20. The number of ether oxygens (including phenoxy) is 1. The number of oxazole rings is 1. The molecule has 33 heavy (non-hydrogen) atoms. The normalized spacial score (nSPS) is 11.7. The fraction of sp³-hybridized carbons (Fsp3) is 0.304. The van der Waals surface area contributed by atoms with Crippen LogP contribution in [0.2, 0.25) is 5.02 Å². The van der Waals surface area contributed by atoms with Gasteiger partial charge in [-0.2, -0.15) is 13.2 Å². The standard InChI is InChI=1S/C23H23ClF3N3O3/c1-32-9-8-28-22(31)20-15-33-21(29-20)14-30(13-17-5-3-7-19(24)11-17)12-16-4-2-6-18(10-16)23(25,26)27/h2-7,10-11,15H,8-9,12-14H2,1H3,(H,28,31). The SMILES string of the molecule is COCCNC(=O)c1coc(CN(Cc2cccc(Cl)c2)Cc2cccc(C(F)(F)F)c2)n1. The molecule has 6 nitrogen and oxygen atoms in total. The van der Waals surface area contributed by atoms with Crippen molar-refractivity contribution in [3.63, 3.8) is 0 Å². The Balaban J connectivity index is 1.77. The van der Waals surface area contributed by atoms with Gasteiger partial charge in [-0.15, -0.1) is 0 Å². The molecule has 0 bridgehead atoms. The molecule has 1 heterocycles. The van der Waals surface area contributed by atoms with E-state index in [2.05, 4.69) is 10.3 Å². The average Bonchev–Trinajstić information content (AvgIpc) is 3.22. The van der Waals surface area contributed by atoms with Crippen molar-refractivity contribution < 1.29 is 27.1 Å². The van der Waals surface area contributed by atoms with E-state index in [4.69, 9.17) is 20.8 Å². The molecular weight excluding hydrogens is 459 g/mol. The highest BCUT2D eigenvalue weighted by Gasteiger charge is 2.30. The summed E-state index contributed by atoms with van der Waals surface area (Å²) in [6.07, 6.45) is -3.18. The van der Waals surface area contributed by atoms with Crippen LogP contribution in [-0.4, -0.2) is 36.1 Å². The van der Waals surface area contributed by atoms with E-state index in [1.807, 2.05) is 11.0 Å². The van der Waals surface area contributed by atoms with Crippen LogP contribution < -0.4 is 5.32 Å². The fourth-order valence-corrected chi connectivity index (χ4v) is 3.41. The molecule has 0 saturated carbocycles. The number of benzene rings is 2. The van der Waals surface area contributed by atoms with Crippen molar-refractivity contribution in [3.8, 4) is 0 Å². The number of nitrogens with zero attached hydrogens (tertiary/aromatic N) is 2. The van der Waals surface area contributed by atoms with E-state index in [0.29, 0.717) is 30.3 Å². The van der Waals surface area contributed by atoms with Crippen LogP contribution in [0.5, 0.6) is 0 Å². The third-order valence-corrected chi connectivity index (χ3v) is 4.93. The number of amides is 1. The first kappa shape index (κ1) is 24.8. The van der Waals surface area contributed by atoms with Gasteiger partial charge in [-0.1, -0.05) is 41.9 Å². The number of hydrogen-bond donors (Lipinski definition) is 1. The molecule has 0 fully saturated rings. The quantitative estimate of drug-likeness (QED) is 0.416. The predicted molar refractivity (Wildman–Crippen MR) is 117 cm³/mol. The van der Waals surface area contributed by atoms with Gasteiger partial charge in [-0.05, 0) is 29.3 Å². The number of carbonyl (C=O) groups is 1. The maximum atomic E-state index is 13.1. The third kappa shape index (κ3) is 7.59. The number of rotatable bonds is 10. The Morgan fingerprint density at radius 3 is 2.48 bits per heavy atom. The van der Waals surface area contributed by atoms with Gasteiger partial charge in [0.1, 0.15) is 6.26 Å². The largest absolute Gasteiger partial charge is 0.447 e. The third-order valence-electron chi connectivity index (χ3n) is 4.69. The van der Waals surface area contributed by atoms with Crippen molar-refractivity contribution in [2.45, 2.75) is 25.8 Å². The molecule has 0 spiro atoms. The maximum absolute atomic E-state index is 13.1. The first-order chi connectivity index (χ1) is 15.7. The zero-order valence-electron chi connectivity index (χ0n) is 17.9. The summed E-state index contributed by atoms with van der Waals surface area (Å²) in [7, 11) is 1.53. The number of nitrogens with one attached hydrogen (secondary N) is 1.